The van der Waals surface area contributed by atoms with E-state index in [-0.39, 0.29) is 12.0 Å². The van der Waals surface area contributed by atoms with Crippen LogP contribution in [0.25, 0.3) is 0 Å². The number of nitrogens with one attached hydrogen (secondary N) is 1. The molecule has 4 heteroatoms. The molecule has 14 heavy (non-hydrogen) atoms. The highest BCUT2D eigenvalue weighted by molar-refractivity contribution is 5.75. The Morgan fingerprint density at radius 1 is 1.79 bits per heavy atom. The van der Waals surface area contributed by atoms with E-state index < -0.39 is 5.79 Å². The van der Waals surface area contributed by atoms with E-state index in [1.165, 1.54) is 6.92 Å². The zero-order chi connectivity index (χ0) is 10.2. The maximum absolute atomic E-state index is 10.8. The predicted octanol–water partition coefficient (Wildman–Crippen LogP) is 0.708. The van der Waals surface area contributed by atoms with Crippen LogP contribution in [0.15, 0.2) is 23.9 Å². The summed E-state index contributed by atoms with van der Waals surface area (Å²) in [6, 6.07) is 0. The van der Waals surface area contributed by atoms with E-state index in [4.69, 9.17) is 9.47 Å². The Morgan fingerprint density at radius 3 is 3.14 bits per heavy atom. The van der Waals surface area contributed by atoms with Crippen LogP contribution in [0, 0.1) is 0 Å². The van der Waals surface area contributed by atoms with Crippen LogP contribution in [-0.4, -0.2) is 24.4 Å². The first-order chi connectivity index (χ1) is 6.66. The smallest absolute Gasteiger partial charge is 0.221 e. The van der Waals surface area contributed by atoms with Crippen LogP contribution in [0.4, 0.5) is 0 Å². The molecule has 0 radical (unpaired) electrons. The molecule has 0 spiro atoms. The van der Waals surface area contributed by atoms with Crippen LogP contribution >= 0.6 is 0 Å². The average molecular weight is 195 g/mol. The van der Waals surface area contributed by atoms with Gasteiger partial charge in [0.25, 0.3) is 0 Å². The Bertz CT molecular complexity index is 321. The van der Waals surface area contributed by atoms with Crippen LogP contribution in [0.2, 0.25) is 0 Å². The molecule has 4 nitrogen and oxygen atoms in total. The lowest BCUT2D eigenvalue weighted by Crippen LogP contribution is -2.24. The number of epoxide rings is 1. The van der Waals surface area contributed by atoms with Gasteiger partial charge in [-0.2, -0.15) is 0 Å². The minimum Gasteiger partial charge on any atom is -0.344 e. The van der Waals surface area contributed by atoms with Crippen molar-refractivity contribution in [1.29, 1.82) is 0 Å². The van der Waals surface area contributed by atoms with E-state index in [0.29, 0.717) is 6.61 Å². The molecular weight excluding hydrogens is 182 g/mol. The number of hydrogen-bond acceptors (Lipinski definition) is 3. The fourth-order valence-electron chi connectivity index (χ4n) is 1.55. The van der Waals surface area contributed by atoms with Gasteiger partial charge < -0.3 is 14.8 Å². The van der Waals surface area contributed by atoms with Crippen molar-refractivity contribution in [2.75, 3.05) is 6.61 Å². The van der Waals surface area contributed by atoms with Crippen LogP contribution in [0.5, 0.6) is 0 Å². The van der Waals surface area contributed by atoms with E-state index in [1.807, 2.05) is 19.1 Å². The number of rotatable bonds is 3. The van der Waals surface area contributed by atoms with Gasteiger partial charge in [0.15, 0.2) is 0 Å². The molecule has 1 fully saturated rings. The van der Waals surface area contributed by atoms with Crippen molar-refractivity contribution in [2.45, 2.75) is 25.7 Å². The summed E-state index contributed by atoms with van der Waals surface area (Å²) in [7, 11) is 0. The number of allylic oxidation sites excluding steroid dienone is 1. The lowest BCUT2D eigenvalue weighted by Gasteiger charge is -2.11. The van der Waals surface area contributed by atoms with Crippen molar-refractivity contribution in [3.8, 4) is 0 Å². The van der Waals surface area contributed by atoms with Crippen molar-refractivity contribution < 1.29 is 14.3 Å². The summed E-state index contributed by atoms with van der Waals surface area (Å²) in [6.07, 6.45) is 5.46. The number of carbonyl (C=O) groups is 1. The Kier molecular flexibility index (Phi) is 2.17. The van der Waals surface area contributed by atoms with Crippen molar-refractivity contribution in [1.82, 2.24) is 5.32 Å². The van der Waals surface area contributed by atoms with Crippen LogP contribution < -0.4 is 5.32 Å². The predicted molar refractivity (Wildman–Crippen MR) is 50.3 cm³/mol. The molecule has 0 aromatic rings. The molecule has 1 N–H and O–H groups in total. The molecule has 1 aliphatic heterocycles. The normalized spacial score (nSPS) is 33.3. The lowest BCUT2D eigenvalue weighted by molar-refractivity contribution is -0.118. The van der Waals surface area contributed by atoms with Gasteiger partial charge in [-0.05, 0) is 25.2 Å². The van der Waals surface area contributed by atoms with Crippen molar-refractivity contribution in [2.24, 2.45) is 0 Å². The first-order valence-corrected chi connectivity index (χ1v) is 4.67. The minimum absolute atomic E-state index is 0.0469. The van der Waals surface area contributed by atoms with Gasteiger partial charge in [-0.15, -0.1) is 0 Å². The zero-order valence-electron chi connectivity index (χ0n) is 8.24. The van der Waals surface area contributed by atoms with Crippen molar-refractivity contribution >= 4 is 5.91 Å². The highest BCUT2D eigenvalue weighted by Crippen LogP contribution is 2.43. The third-order valence-electron chi connectivity index (χ3n) is 2.17. The van der Waals surface area contributed by atoms with Gasteiger partial charge in [0.1, 0.15) is 6.10 Å². The second-order valence-corrected chi connectivity index (χ2v) is 3.33. The van der Waals surface area contributed by atoms with Crippen LogP contribution in [-0.2, 0) is 14.3 Å². The Balaban J connectivity index is 2.01. The Morgan fingerprint density at radius 2 is 2.57 bits per heavy atom. The molecule has 1 heterocycles. The lowest BCUT2D eigenvalue weighted by atomic mass is 10.1. The molecule has 1 aliphatic carbocycles. The third kappa shape index (κ3) is 1.58. The molecular formula is C10H13NO3. The van der Waals surface area contributed by atoms with Crippen LogP contribution in [0.3, 0.4) is 0 Å². The maximum atomic E-state index is 10.8. The standard InChI is InChI=1S/C10H13NO3/c1-3-13-10-5-4-8(11-7(2)12)6-9(10)14-10/h4-6,9H,3H2,1-2H3,(H,11,12). The largest absolute Gasteiger partial charge is 0.344 e. The molecule has 0 aromatic heterocycles. The summed E-state index contributed by atoms with van der Waals surface area (Å²) in [5, 5.41) is 2.70. The Hall–Kier alpha value is -1.13. The summed E-state index contributed by atoms with van der Waals surface area (Å²) < 4.78 is 10.8. The molecule has 2 unspecified atom stereocenters. The third-order valence-corrected chi connectivity index (χ3v) is 2.17. The number of hydrogen-bond donors (Lipinski definition) is 1. The molecule has 76 valence electrons. The monoisotopic (exact) mass is 195 g/mol. The first kappa shape index (κ1) is 9.43. The molecule has 0 aromatic carbocycles. The highest BCUT2D eigenvalue weighted by atomic mass is 16.8. The number of fused-ring (bicyclic) bond motifs is 1. The summed E-state index contributed by atoms with van der Waals surface area (Å²) >= 11 is 0. The van der Waals surface area contributed by atoms with Gasteiger partial charge in [0.05, 0.1) is 0 Å². The Labute approximate surface area is 82.6 Å². The topological polar surface area (TPSA) is 50.9 Å². The summed E-state index contributed by atoms with van der Waals surface area (Å²) in [4.78, 5) is 10.8. The fourth-order valence-corrected chi connectivity index (χ4v) is 1.55. The van der Waals surface area contributed by atoms with Crippen molar-refractivity contribution in [3.63, 3.8) is 0 Å². The molecule has 0 bridgehead atoms. The van der Waals surface area contributed by atoms with E-state index in [1.54, 1.807) is 6.08 Å². The van der Waals surface area contributed by atoms with Gasteiger partial charge in [-0.25, -0.2) is 0 Å². The quantitative estimate of drug-likeness (QED) is 0.675. The van der Waals surface area contributed by atoms with Crippen LogP contribution in [0.1, 0.15) is 13.8 Å². The number of carbonyl (C=O) groups excluding carboxylic acids is 1. The maximum Gasteiger partial charge on any atom is 0.221 e. The summed E-state index contributed by atoms with van der Waals surface area (Å²) in [5.41, 5.74) is 0.773. The molecule has 2 atom stereocenters. The second-order valence-electron chi connectivity index (χ2n) is 3.33. The molecule has 0 saturated carbocycles. The molecule has 1 amide bonds. The summed E-state index contributed by atoms with van der Waals surface area (Å²) in [5.74, 6) is -0.623. The number of ether oxygens (including phenoxy) is 2. The molecule has 2 rings (SSSR count). The van der Waals surface area contributed by atoms with E-state index in [0.717, 1.165) is 5.70 Å². The van der Waals surface area contributed by atoms with Gasteiger partial charge in [0, 0.05) is 19.2 Å². The van der Waals surface area contributed by atoms with Gasteiger partial charge in [-0.3, -0.25) is 4.79 Å². The highest BCUT2D eigenvalue weighted by Gasteiger charge is 2.56. The van der Waals surface area contributed by atoms with Crippen molar-refractivity contribution in [3.05, 3.63) is 23.9 Å². The number of amides is 1. The van der Waals surface area contributed by atoms with Gasteiger partial charge in [-0.1, -0.05) is 0 Å². The summed E-state index contributed by atoms with van der Waals surface area (Å²) in [6.45, 7) is 4.02. The zero-order valence-corrected chi connectivity index (χ0v) is 8.24. The minimum atomic E-state index is -0.545. The SMILES string of the molecule is CCOC12C=CC(NC(C)=O)=CC1O2. The van der Waals surface area contributed by atoms with E-state index in [9.17, 15) is 4.79 Å². The first-order valence-electron chi connectivity index (χ1n) is 4.67. The van der Waals surface area contributed by atoms with E-state index >= 15 is 0 Å². The van der Waals surface area contributed by atoms with E-state index in [2.05, 4.69) is 5.32 Å². The van der Waals surface area contributed by atoms with Gasteiger partial charge >= 0.3 is 0 Å². The molecule has 2 aliphatic rings. The van der Waals surface area contributed by atoms with Gasteiger partial charge in [0.2, 0.25) is 11.7 Å². The fraction of sp³-hybridized carbons (Fsp3) is 0.500. The molecule has 1 saturated heterocycles. The second kappa shape index (κ2) is 3.22. The average Bonchev–Trinajstić information content (AvgIpc) is 2.77.